The molecule has 0 spiro atoms. The molecule has 0 saturated heterocycles. The van der Waals surface area contributed by atoms with Crippen molar-refractivity contribution in [3.8, 4) is 0 Å². The second-order valence-electron chi connectivity index (χ2n) is 4.52. The number of pyridine rings is 1. The van der Waals surface area contributed by atoms with E-state index in [0.717, 1.165) is 21.3 Å². The number of amides is 1. The Morgan fingerprint density at radius 1 is 1.26 bits per heavy atom. The third kappa shape index (κ3) is 2.21. The fourth-order valence-corrected chi connectivity index (χ4v) is 2.68. The summed E-state index contributed by atoms with van der Waals surface area (Å²) in [6.07, 6.45) is 1.62. The van der Waals surface area contributed by atoms with Crippen molar-refractivity contribution in [3.05, 3.63) is 57.8 Å². The number of nitrogens with zero attached hydrogens (tertiary/aromatic N) is 2. The number of benzene rings is 1. The lowest BCUT2D eigenvalue weighted by atomic mass is 10.1. The van der Waals surface area contributed by atoms with Crippen molar-refractivity contribution >= 4 is 27.5 Å². The Balaban J connectivity index is 1.87. The Labute approximate surface area is 119 Å². The molecule has 0 saturated carbocycles. The normalized spacial score (nSPS) is 13.4. The number of rotatable bonds is 1. The van der Waals surface area contributed by atoms with Gasteiger partial charge in [-0.05, 0) is 51.3 Å². The molecule has 0 atom stereocenters. The van der Waals surface area contributed by atoms with Crippen LogP contribution in [0.25, 0.3) is 0 Å². The van der Waals surface area contributed by atoms with Crippen molar-refractivity contribution in [3.63, 3.8) is 0 Å². The van der Waals surface area contributed by atoms with Crippen LogP contribution in [-0.2, 0) is 13.1 Å². The van der Waals surface area contributed by atoms with Crippen molar-refractivity contribution in [1.82, 2.24) is 9.88 Å². The fraction of sp³-hybridized carbons (Fsp3) is 0.143. The molecule has 0 bridgehead atoms. The predicted molar refractivity (Wildman–Crippen MR) is 76.4 cm³/mol. The smallest absolute Gasteiger partial charge is 0.274 e. The highest BCUT2D eigenvalue weighted by atomic mass is 79.9. The van der Waals surface area contributed by atoms with Gasteiger partial charge in [-0.15, -0.1) is 0 Å². The van der Waals surface area contributed by atoms with Crippen LogP contribution < -0.4 is 5.73 Å². The van der Waals surface area contributed by atoms with Gasteiger partial charge in [-0.2, -0.15) is 0 Å². The summed E-state index contributed by atoms with van der Waals surface area (Å²) in [5, 5.41) is 0. The first-order valence-electron chi connectivity index (χ1n) is 5.92. The lowest BCUT2D eigenvalue weighted by molar-refractivity contribution is 0.0744. The van der Waals surface area contributed by atoms with Crippen LogP contribution in [0.1, 0.15) is 21.6 Å². The molecular weight excluding hydrogens is 306 g/mol. The van der Waals surface area contributed by atoms with Gasteiger partial charge in [0.1, 0.15) is 5.69 Å². The summed E-state index contributed by atoms with van der Waals surface area (Å²) in [6, 6.07) is 9.38. The Kier molecular flexibility index (Phi) is 2.98. The van der Waals surface area contributed by atoms with Crippen LogP contribution in [0.4, 0.5) is 5.69 Å². The van der Waals surface area contributed by atoms with E-state index in [4.69, 9.17) is 5.73 Å². The lowest BCUT2D eigenvalue weighted by Crippen LogP contribution is -2.26. The molecule has 3 rings (SSSR count). The van der Waals surface area contributed by atoms with E-state index < -0.39 is 0 Å². The molecule has 0 radical (unpaired) electrons. The molecular formula is C14H12BrN3O. The number of nitrogen functional groups attached to an aromatic ring is 1. The summed E-state index contributed by atoms with van der Waals surface area (Å²) in [4.78, 5) is 18.3. The standard InChI is InChI=1S/C14H12BrN3O/c15-12-2-1-5-17-13(12)14(19)18-7-9-3-4-11(16)6-10(9)8-18/h1-6H,7-8,16H2. The first kappa shape index (κ1) is 12.2. The maximum atomic E-state index is 12.4. The number of hydrogen-bond donors (Lipinski definition) is 1. The van der Waals surface area contributed by atoms with Crippen LogP contribution in [-0.4, -0.2) is 15.8 Å². The quantitative estimate of drug-likeness (QED) is 0.822. The third-order valence-electron chi connectivity index (χ3n) is 3.20. The third-order valence-corrected chi connectivity index (χ3v) is 3.84. The summed E-state index contributed by atoms with van der Waals surface area (Å²) in [6.45, 7) is 1.19. The van der Waals surface area contributed by atoms with Crippen molar-refractivity contribution in [2.75, 3.05) is 5.73 Å². The largest absolute Gasteiger partial charge is 0.399 e. The van der Waals surface area contributed by atoms with Gasteiger partial charge in [0.05, 0.1) is 0 Å². The van der Waals surface area contributed by atoms with Gasteiger partial charge in [0, 0.05) is 29.4 Å². The fourth-order valence-electron chi connectivity index (χ4n) is 2.25. The molecule has 1 amide bonds. The number of fused-ring (bicyclic) bond motifs is 1. The summed E-state index contributed by atoms with van der Waals surface area (Å²) < 4.78 is 0.718. The van der Waals surface area contributed by atoms with Crippen molar-refractivity contribution in [1.29, 1.82) is 0 Å². The number of carbonyl (C=O) groups is 1. The van der Waals surface area contributed by atoms with Crippen molar-refractivity contribution in [2.24, 2.45) is 0 Å². The van der Waals surface area contributed by atoms with Crippen LogP contribution in [0.2, 0.25) is 0 Å². The van der Waals surface area contributed by atoms with Gasteiger partial charge in [-0.1, -0.05) is 6.07 Å². The van der Waals surface area contributed by atoms with E-state index >= 15 is 0 Å². The Morgan fingerprint density at radius 3 is 2.84 bits per heavy atom. The minimum Gasteiger partial charge on any atom is -0.399 e. The van der Waals surface area contributed by atoms with E-state index in [1.807, 2.05) is 24.3 Å². The lowest BCUT2D eigenvalue weighted by Gasteiger charge is -2.15. The topological polar surface area (TPSA) is 59.2 Å². The number of hydrogen-bond acceptors (Lipinski definition) is 3. The molecule has 19 heavy (non-hydrogen) atoms. The molecule has 4 nitrogen and oxygen atoms in total. The molecule has 0 fully saturated rings. The minimum absolute atomic E-state index is 0.0674. The monoisotopic (exact) mass is 317 g/mol. The summed E-state index contributed by atoms with van der Waals surface area (Å²) in [5.74, 6) is -0.0674. The molecule has 0 aliphatic carbocycles. The highest BCUT2D eigenvalue weighted by Gasteiger charge is 2.26. The van der Waals surface area contributed by atoms with Gasteiger partial charge in [-0.3, -0.25) is 4.79 Å². The van der Waals surface area contributed by atoms with Crippen LogP contribution in [0.3, 0.4) is 0 Å². The second kappa shape index (κ2) is 4.66. The number of halogens is 1. The van der Waals surface area contributed by atoms with Crippen molar-refractivity contribution < 1.29 is 4.79 Å². The van der Waals surface area contributed by atoms with Gasteiger partial charge in [0.2, 0.25) is 0 Å². The van der Waals surface area contributed by atoms with E-state index in [9.17, 15) is 4.79 Å². The SMILES string of the molecule is Nc1ccc2c(c1)CN(C(=O)c1ncccc1Br)C2. The molecule has 1 aromatic carbocycles. The summed E-state index contributed by atoms with van der Waals surface area (Å²) in [7, 11) is 0. The van der Waals surface area contributed by atoms with E-state index in [2.05, 4.69) is 20.9 Å². The maximum absolute atomic E-state index is 12.4. The predicted octanol–water partition coefficient (Wildman–Crippen LogP) is 2.58. The average molecular weight is 318 g/mol. The molecule has 1 aromatic heterocycles. The molecule has 1 aliphatic rings. The molecule has 2 heterocycles. The van der Waals surface area contributed by atoms with Crippen LogP contribution in [0, 0.1) is 0 Å². The highest BCUT2D eigenvalue weighted by Crippen LogP contribution is 2.27. The van der Waals surface area contributed by atoms with Crippen LogP contribution in [0.15, 0.2) is 41.0 Å². The molecule has 5 heteroatoms. The number of aromatic nitrogens is 1. The Bertz CT molecular complexity index is 657. The molecule has 96 valence electrons. The zero-order valence-corrected chi connectivity index (χ0v) is 11.7. The first-order valence-corrected chi connectivity index (χ1v) is 6.71. The number of anilines is 1. The highest BCUT2D eigenvalue weighted by molar-refractivity contribution is 9.10. The van der Waals surface area contributed by atoms with Gasteiger partial charge in [0.25, 0.3) is 5.91 Å². The van der Waals surface area contributed by atoms with Gasteiger partial charge in [-0.25, -0.2) is 4.98 Å². The average Bonchev–Trinajstić information content (AvgIpc) is 2.81. The molecule has 2 N–H and O–H groups in total. The summed E-state index contributed by atoms with van der Waals surface area (Å²) >= 11 is 3.36. The molecule has 1 aliphatic heterocycles. The Morgan fingerprint density at radius 2 is 2.05 bits per heavy atom. The zero-order valence-electron chi connectivity index (χ0n) is 10.1. The Hall–Kier alpha value is -1.88. The van der Waals surface area contributed by atoms with E-state index in [1.165, 1.54) is 0 Å². The molecule has 0 unspecified atom stereocenters. The van der Waals surface area contributed by atoms with Gasteiger partial charge < -0.3 is 10.6 Å². The maximum Gasteiger partial charge on any atom is 0.274 e. The van der Waals surface area contributed by atoms with Crippen LogP contribution >= 0.6 is 15.9 Å². The van der Waals surface area contributed by atoms with Gasteiger partial charge in [0.15, 0.2) is 0 Å². The van der Waals surface area contributed by atoms with Crippen molar-refractivity contribution in [2.45, 2.75) is 13.1 Å². The van der Waals surface area contributed by atoms with E-state index in [0.29, 0.717) is 18.8 Å². The first-order chi connectivity index (χ1) is 9.15. The van der Waals surface area contributed by atoms with E-state index in [1.54, 1.807) is 17.2 Å². The van der Waals surface area contributed by atoms with Gasteiger partial charge >= 0.3 is 0 Å². The van der Waals surface area contributed by atoms with Crippen LogP contribution in [0.5, 0.6) is 0 Å². The molecule has 2 aromatic rings. The minimum atomic E-state index is -0.0674. The second-order valence-corrected chi connectivity index (χ2v) is 5.38. The zero-order chi connectivity index (χ0) is 13.4. The number of nitrogens with two attached hydrogens (primary N) is 1. The summed E-state index contributed by atoms with van der Waals surface area (Å²) in [5.41, 5.74) is 9.20. The van der Waals surface area contributed by atoms with E-state index in [-0.39, 0.29) is 5.91 Å². The number of carbonyl (C=O) groups excluding carboxylic acids is 1.